The maximum absolute atomic E-state index is 12.0. The topological polar surface area (TPSA) is 34.1 Å². The van der Waals surface area contributed by atoms with E-state index in [0.29, 0.717) is 12.0 Å². The summed E-state index contributed by atoms with van der Waals surface area (Å²) in [5.74, 6) is 2.81. The molecule has 6 heteroatoms. The zero-order valence-corrected chi connectivity index (χ0v) is 11.8. The Balaban J connectivity index is 2.72. The summed E-state index contributed by atoms with van der Waals surface area (Å²) in [7, 11) is 0. The molecule has 106 valence electrons. The Kier molecular flexibility index (Phi) is 5.96. The van der Waals surface area contributed by atoms with Crippen LogP contribution >= 0.6 is 15.9 Å². The quantitative estimate of drug-likeness (QED) is 0.361. The lowest BCUT2D eigenvalue weighted by atomic mass is 10.0. The van der Waals surface area contributed by atoms with Gasteiger partial charge in [0.05, 0.1) is 6.42 Å². The summed E-state index contributed by atoms with van der Waals surface area (Å²) in [5.41, 5.74) is 0.721. The molecule has 1 aromatic carbocycles. The SMILES string of the molecule is O=C(CC(=O)C(F)(F)F)c1ccc(C#CCCBr)cc1. The highest BCUT2D eigenvalue weighted by atomic mass is 79.9. The minimum absolute atomic E-state index is 0.0636. The van der Waals surface area contributed by atoms with Gasteiger partial charge in [-0.1, -0.05) is 39.9 Å². The van der Waals surface area contributed by atoms with Crippen molar-refractivity contribution >= 4 is 27.5 Å². The molecular weight excluding hydrogens is 337 g/mol. The van der Waals surface area contributed by atoms with Gasteiger partial charge in [-0.15, -0.1) is 0 Å². The Labute approximate surface area is 122 Å². The molecule has 0 spiro atoms. The molecule has 2 nitrogen and oxygen atoms in total. The van der Waals surface area contributed by atoms with E-state index in [2.05, 4.69) is 27.8 Å². The van der Waals surface area contributed by atoms with Crippen molar-refractivity contribution in [3.8, 4) is 11.8 Å². The molecule has 0 bridgehead atoms. The van der Waals surface area contributed by atoms with E-state index in [1.165, 1.54) is 24.3 Å². The number of alkyl halides is 4. The second kappa shape index (κ2) is 7.25. The van der Waals surface area contributed by atoms with Crippen LogP contribution < -0.4 is 0 Å². The van der Waals surface area contributed by atoms with Crippen molar-refractivity contribution < 1.29 is 22.8 Å². The molecule has 0 amide bonds. The largest absolute Gasteiger partial charge is 0.450 e. The number of carbonyl (C=O) groups excluding carboxylic acids is 2. The van der Waals surface area contributed by atoms with Crippen LogP contribution in [0.25, 0.3) is 0 Å². The van der Waals surface area contributed by atoms with Gasteiger partial charge in [-0.2, -0.15) is 13.2 Å². The van der Waals surface area contributed by atoms with Crippen LogP contribution in [0, 0.1) is 11.8 Å². The fraction of sp³-hybridized carbons (Fsp3) is 0.286. The van der Waals surface area contributed by atoms with E-state index in [1.807, 2.05) is 0 Å². The molecule has 0 aliphatic heterocycles. The first-order valence-corrected chi connectivity index (χ1v) is 6.75. The van der Waals surface area contributed by atoms with Crippen molar-refractivity contribution in [2.24, 2.45) is 0 Å². The van der Waals surface area contributed by atoms with E-state index in [-0.39, 0.29) is 5.56 Å². The molecule has 0 radical (unpaired) electrons. The van der Waals surface area contributed by atoms with E-state index in [0.717, 1.165) is 5.33 Å². The monoisotopic (exact) mass is 346 g/mol. The second-order valence-corrected chi connectivity index (χ2v) is 4.63. The minimum atomic E-state index is -4.98. The van der Waals surface area contributed by atoms with E-state index in [9.17, 15) is 22.8 Å². The smallest absolute Gasteiger partial charge is 0.294 e. The fourth-order valence-electron chi connectivity index (χ4n) is 1.30. The van der Waals surface area contributed by atoms with E-state index >= 15 is 0 Å². The Morgan fingerprint density at radius 3 is 2.25 bits per heavy atom. The number of hydrogen-bond acceptors (Lipinski definition) is 2. The molecule has 1 aromatic rings. The Morgan fingerprint density at radius 1 is 1.15 bits per heavy atom. The molecule has 0 saturated heterocycles. The molecule has 0 fully saturated rings. The molecule has 20 heavy (non-hydrogen) atoms. The highest BCUT2D eigenvalue weighted by molar-refractivity contribution is 9.09. The van der Waals surface area contributed by atoms with Crippen molar-refractivity contribution in [1.29, 1.82) is 0 Å². The van der Waals surface area contributed by atoms with Gasteiger partial charge in [-0.05, 0) is 12.1 Å². The summed E-state index contributed by atoms with van der Waals surface area (Å²) in [6.45, 7) is 0. The molecule has 0 N–H and O–H groups in total. The molecule has 0 atom stereocenters. The normalized spacial score (nSPS) is 10.6. The first-order chi connectivity index (χ1) is 9.34. The molecule has 0 heterocycles. The van der Waals surface area contributed by atoms with Gasteiger partial charge in [-0.25, -0.2) is 0 Å². The Hall–Kier alpha value is -1.61. The summed E-state index contributed by atoms with van der Waals surface area (Å²) in [4.78, 5) is 22.2. The van der Waals surface area contributed by atoms with Crippen LogP contribution in [0.5, 0.6) is 0 Å². The molecule has 0 saturated carbocycles. The number of halogens is 4. The average molecular weight is 347 g/mol. The minimum Gasteiger partial charge on any atom is -0.294 e. The standard InChI is InChI=1S/C14H10BrF3O2/c15-8-2-1-3-10-4-6-11(7-5-10)12(19)9-13(20)14(16,17)18/h4-7H,2,8-9H2. The summed E-state index contributed by atoms with van der Waals surface area (Å²) in [6, 6.07) is 5.80. The third kappa shape index (κ3) is 5.17. The van der Waals surface area contributed by atoms with Crippen LogP contribution in [0.3, 0.4) is 0 Å². The second-order valence-electron chi connectivity index (χ2n) is 3.84. The van der Waals surface area contributed by atoms with Crippen molar-refractivity contribution in [2.45, 2.75) is 19.0 Å². The maximum Gasteiger partial charge on any atom is 0.450 e. The zero-order chi connectivity index (χ0) is 15.2. The number of carbonyl (C=O) groups is 2. The van der Waals surface area contributed by atoms with Crippen molar-refractivity contribution in [2.75, 3.05) is 5.33 Å². The highest BCUT2D eigenvalue weighted by Crippen LogP contribution is 2.19. The van der Waals surface area contributed by atoms with Gasteiger partial charge in [0, 0.05) is 22.9 Å². The predicted molar refractivity (Wildman–Crippen MR) is 71.7 cm³/mol. The summed E-state index contributed by atoms with van der Waals surface area (Å²) < 4.78 is 36.1. The van der Waals surface area contributed by atoms with Crippen LogP contribution in [0.2, 0.25) is 0 Å². The molecule has 0 aliphatic carbocycles. The van der Waals surface area contributed by atoms with E-state index < -0.39 is 24.2 Å². The van der Waals surface area contributed by atoms with Crippen LogP contribution in [0.1, 0.15) is 28.8 Å². The van der Waals surface area contributed by atoms with Gasteiger partial charge in [0.25, 0.3) is 0 Å². The van der Waals surface area contributed by atoms with Crippen molar-refractivity contribution in [3.63, 3.8) is 0 Å². The number of ketones is 2. The summed E-state index contributed by atoms with van der Waals surface area (Å²) in [6.07, 6.45) is -5.48. The average Bonchev–Trinajstić information content (AvgIpc) is 2.38. The summed E-state index contributed by atoms with van der Waals surface area (Å²) in [5, 5.41) is 0.746. The van der Waals surface area contributed by atoms with Gasteiger partial charge in [0.1, 0.15) is 0 Å². The van der Waals surface area contributed by atoms with Crippen molar-refractivity contribution in [3.05, 3.63) is 35.4 Å². The number of hydrogen-bond donors (Lipinski definition) is 0. The third-order valence-corrected chi connectivity index (χ3v) is 2.69. The number of benzene rings is 1. The van der Waals surface area contributed by atoms with Gasteiger partial charge >= 0.3 is 6.18 Å². The lowest BCUT2D eigenvalue weighted by Gasteiger charge is -2.04. The zero-order valence-electron chi connectivity index (χ0n) is 10.3. The van der Waals surface area contributed by atoms with Gasteiger partial charge in [0.2, 0.25) is 5.78 Å². The molecular formula is C14H10BrF3O2. The highest BCUT2D eigenvalue weighted by Gasteiger charge is 2.39. The maximum atomic E-state index is 12.0. The van der Waals surface area contributed by atoms with Crippen LogP contribution in [0.4, 0.5) is 13.2 Å². The Morgan fingerprint density at radius 2 is 1.75 bits per heavy atom. The lowest BCUT2D eigenvalue weighted by Crippen LogP contribution is -2.25. The predicted octanol–water partition coefficient (Wildman–Crippen LogP) is 3.53. The molecule has 1 rings (SSSR count). The molecule has 0 aliphatic rings. The molecule has 0 unspecified atom stereocenters. The first kappa shape index (κ1) is 16.4. The van der Waals surface area contributed by atoms with Gasteiger partial charge in [-0.3, -0.25) is 9.59 Å². The van der Waals surface area contributed by atoms with Gasteiger partial charge in [0.15, 0.2) is 5.78 Å². The molecule has 0 aromatic heterocycles. The number of rotatable bonds is 4. The summed E-state index contributed by atoms with van der Waals surface area (Å²) >= 11 is 3.22. The van der Waals surface area contributed by atoms with Crippen LogP contribution in [0.15, 0.2) is 24.3 Å². The van der Waals surface area contributed by atoms with E-state index in [1.54, 1.807) is 0 Å². The van der Waals surface area contributed by atoms with Gasteiger partial charge < -0.3 is 0 Å². The Bertz CT molecular complexity index is 551. The first-order valence-electron chi connectivity index (χ1n) is 5.62. The fourth-order valence-corrected chi connectivity index (χ4v) is 1.50. The van der Waals surface area contributed by atoms with Crippen LogP contribution in [-0.2, 0) is 4.79 Å². The van der Waals surface area contributed by atoms with Crippen LogP contribution in [-0.4, -0.2) is 23.1 Å². The number of Topliss-reactive ketones (excluding diaryl/α,β-unsaturated/α-hetero) is 2. The third-order valence-electron chi connectivity index (χ3n) is 2.30. The van der Waals surface area contributed by atoms with E-state index in [4.69, 9.17) is 0 Å². The van der Waals surface area contributed by atoms with Crippen molar-refractivity contribution in [1.82, 2.24) is 0 Å². The lowest BCUT2D eigenvalue weighted by molar-refractivity contribution is -0.170.